The molecule has 0 bridgehead atoms. The van der Waals surface area contributed by atoms with Gasteiger partial charge in [0, 0.05) is 18.4 Å². The average Bonchev–Trinajstić information content (AvgIpc) is 2.93. The number of rotatable bonds is 6. The fourth-order valence-electron chi connectivity index (χ4n) is 1.85. The molecule has 2 rings (SSSR count). The van der Waals surface area contributed by atoms with Gasteiger partial charge in [-0.05, 0) is 31.7 Å². The Labute approximate surface area is 120 Å². The quantitative estimate of drug-likeness (QED) is 0.889. The van der Waals surface area contributed by atoms with Gasteiger partial charge < -0.3 is 10.1 Å². The van der Waals surface area contributed by atoms with Gasteiger partial charge in [0.05, 0.1) is 0 Å². The van der Waals surface area contributed by atoms with Gasteiger partial charge in [0.15, 0.2) is 17.4 Å². The summed E-state index contributed by atoms with van der Waals surface area (Å²) in [6.07, 6.45) is 2.40. The lowest BCUT2D eigenvalue weighted by Gasteiger charge is -2.13. The van der Waals surface area contributed by atoms with E-state index in [9.17, 15) is 13.2 Å². The highest BCUT2D eigenvalue weighted by atomic mass is 19.3. The van der Waals surface area contributed by atoms with Crippen LogP contribution in [0.5, 0.6) is 5.75 Å². The first-order valence-electron chi connectivity index (χ1n) is 6.42. The number of halogens is 3. The Morgan fingerprint density at radius 2 is 2.14 bits per heavy atom. The Balaban J connectivity index is 2.08. The predicted octanol–water partition coefficient (Wildman–Crippen LogP) is 3.28. The second-order valence-electron chi connectivity index (χ2n) is 4.52. The van der Waals surface area contributed by atoms with Crippen molar-refractivity contribution >= 4 is 0 Å². The summed E-state index contributed by atoms with van der Waals surface area (Å²) >= 11 is 0. The van der Waals surface area contributed by atoms with Crippen LogP contribution in [0.4, 0.5) is 13.2 Å². The van der Waals surface area contributed by atoms with E-state index in [0.29, 0.717) is 4.57 Å². The Morgan fingerprint density at radius 1 is 1.38 bits per heavy atom. The molecule has 0 amide bonds. The van der Waals surface area contributed by atoms with Crippen molar-refractivity contribution in [2.24, 2.45) is 0 Å². The molecule has 0 aliphatic rings. The number of aromatic nitrogens is 2. The third-order valence-electron chi connectivity index (χ3n) is 3.20. The number of imidazole rings is 1. The molecule has 0 fully saturated rings. The molecule has 1 atom stereocenters. The number of nitrogens with zero attached hydrogens (tertiary/aromatic N) is 2. The smallest absolute Gasteiger partial charge is 0.320 e. The van der Waals surface area contributed by atoms with Gasteiger partial charge in [0.1, 0.15) is 6.61 Å². The maximum Gasteiger partial charge on any atom is 0.320 e. The molecule has 0 spiro atoms. The molecule has 1 aromatic carbocycles. The number of alkyl halides is 2. The minimum Gasteiger partial charge on any atom is -0.483 e. The van der Waals surface area contributed by atoms with Gasteiger partial charge in [-0.15, -0.1) is 0 Å². The highest BCUT2D eigenvalue weighted by Crippen LogP contribution is 2.23. The van der Waals surface area contributed by atoms with Crippen molar-refractivity contribution < 1.29 is 17.9 Å². The summed E-state index contributed by atoms with van der Waals surface area (Å²) in [5, 5.41) is 3.00. The SMILES string of the molecule is CNC(C)c1ccc(OCc2nccn2C(F)F)c(F)c1. The summed E-state index contributed by atoms with van der Waals surface area (Å²) in [6, 6.07) is 4.56. The second-order valence-corrected chi connectivity index (χ2v) is 4.52. The molecule has 0 saturated carbocycles. The van der Waals surface area contributed by atoms with Gasteiger partial charge in [0.25, 0.3) is 0 Å². The van der Waals surface area contributed by atoms with E-state index in [1.807, 2.05) is 6.92 Å². The van der Waals surface area contributed by atoms with Crippen LogP contribution >= 0.6 is 0 Å². The molecule has 1 aromatic heterocycles. The normalized spacial score (nSPS) is 12.7. The van der Waals surface area contributed by atoms with E-state index >= 15 is 0 Å². The number of benzene rings is 1. The maximum atomic E-state index is 13.9. The van der Waals surface area contributed by atoms with Gasteiger partial charge in [-0.2, -0.15) is 8.78 Å². The average molecular weight is 299 g/mol. The number of hydrogen-bond acceptors (Lipinski definition) is 3. The molecule has 0 radical (unpaired) electrons. The topological polar surface area (TPSA) is 39.1 Å². The molecule has 1 heterocycles. The van der Waals surface area contributed by atoms with Crippen molar-refractivity contribution in [3.63, 3.8) is 0 Å². The lowest BCUT2D eigenvalue weighted by atomic mass is 10.1. The summed E-state index contributed by atoms with van der Waals surface area (Å²) in [4.78, 5) is 3.77. The molecular weight excluding hydrogens is 283 g/mol. The van der Waals surface area contributed by atoms with Crippen molar-refractivity contribution in [1.82, 2.24) is 14.9 Å². The molecule has 114 valence electrons. The van der Waals surface area contributed by atoms with E-state index in [-0.39, 0.29) is 24.2 Å². The molecule has 7 heteroatoms. The van der Waals surface area contributed by atoms with Crippen molar-refractivity contribution in [3.8, 4) is 5.75 Å². The van der Waals surface area contributed by atoms with Crippen LogP contribution in [0.3, 0.4) is 0 Å². The molecule has 0 aliphatic heterocycles. The van der Waals surface area contributed by atoms with Gasteiger partial charge in [-0.25, -0.2) is 9.37 Å². The van der Waals surface area contributed by atoms with Crippen LogP contribution in [0.1, 0.15) is 30.9 Å². The molecule has 4 nitrogen and oxygen atoms in total. The maximum absolute atomic E-state index is 13.9. The standard InChI is InChI=1S/C14H16F3N3O/c1-9(18-2)10-3-4-12(11(15)7-10)21-8-13-19-5-6-20(13)14(16)17/h3-7,9,14,18H,8H2,1-2H3. The van der Waals surface area contributed by atoms with E-state index < -0.39 is 12.4 Å². The van der Waals surface area contributed by atoms with Crippen LogP contribution in [0, 0.1) is 5.82 Å². The van der Waals surface area contributed by atoms with Crippen molar-refractivity contribution in [2.45, 2.75) is 26.1 Å². The van der Waals surface area contributed by atoms with E-state index in [1.54, 1.807) is 13.1 Å². The fourth-order valence-corrected chi connectivity index (χ4v) is 1.85. The Bertz CT molecular complexity index is 601. The van der Waals surface area contributed by atoms with Crippen molar-refractivity contribution in [1.29, 1.82) is 0 Å². The Morgan fingerprint density at radius 3 is 2.76 bits per heavy atom. The van der Waals surface area contributed by atoms with E-state index in [1.165, 1.54) is 18.3 Å². The Kier molecular flexibility index (Phi) is 4.85. The highest BCUT2D eigenvalue weighted by Gasteiger charge is 2.13. The largest absolute Gasteiger partial charge is 0.483 e. The third-order valence-corrected chi connectivity index (χ3v) is 3.20. The van der Waals surface area contributed by atoms with Crippen LogP contribution in [0.2, 0.25) is 0 Å². The minimum absolute atomic E-state index is 0.00543. The molecule has 0 saturated heterocycles. The molecular formula is C14H16F3N3O. The molecule has 1 N–H and O–H groups in total. The lowest BCUT2D eigenvalue weighted by molar-refractivity contribution is 0.0631. The van der Waals surface area contributed by atoms with Crippen molar-refractivity contribution in [2.75, 3.05) is 7.05 Å². The highest BCUT2D eigenvalue weighted by molar-refractivity contribution is 5.30. The van der Waals surface area contributed by atoms with Crippen LogP contribution in [0.25, 0.3) is 0 Å². The number of hydrogen-bond donors (Lipinski definition) is 1. The number of ether oxygens (including phenoxy) is 1. The van der Waals surface area contributed by atoms with Gasteiger partial charge in [0.2, 0.25) is 0 Å². The van der Waals surface area contributed by atoms with Crippen LogP contribution < -0.4 is 10.1 Å². The first-order chi connectivity index (χ1) is 10.0. The number of nitrogens with one attached hydrogen (secondary N) is 1. The summed E-state index contributed by atoms with van der Waals surface area (Å²) in [6.45, 7) is -1.03. The zero-order chi connectivity index (χ0) is 15.4. The second kappa shape index (κ2) is 6.62. The van der Waals surface area contributed by atoms with Crippen LogP contribution in [-0.4, -0.2) is 16.6 Å². The van der Waals surface area contributed by atoms with Gasteiger partial charge in [-0.1, -0.05) is 6.07 Å². The summed E-state index contributed by atoms with van der Waals surface area (Å²) in [7, 11) is 1.77. The lowest BCUT2D eigenvalue weighted by Crippen LogP contribution is -2.12. The predicted molar refractivity (Wildman–Crippen MR) is 71.7 cm³/mol. The minimum atomic E-state index is -2.70. The van der Waals surface area contributed by atoms with Gasteiger partial charge >= 0.3 is 6.55 Å². The molecule has 0 aliphatic carbocycles. The first kappa shape index (κ1) is 15.4. The Hall–Kier alpha value is -2.02. The van der Waals surface area contributed by atoms with Crippen LogP contribution in [-0.2, 0) is 6.61 Å². The molecule has 1 unspecified atom stereocenters. The summed E-state index contributed by atoms with van der Waals surface area (Å²) < 4.78 is 45.1. The summed E-state index contributed by atoms with van der Waals surface area (Å²) in [5.74, 6) is -0.493. The summed E-state index contributed by atoms with van der Waals surface area (Å²) in [5.41, 5.74) is 0.774. The molecule has 21 heavy (non-hydrogen) atoms. The van der Waals surface area contributed by atoms with Gasteiger partial charge in [-0.3, -0.25) is 4.57 Å². The first-order valence-corrected chi connectivity index (χ1v) is 6.42. The molecule has 2 aromatic rings. The van der Waals surface area contributed by atoms with E-state index in [4.69, 9.17) is 4.74 Å². The zero-order valence-corrected chi connectivity index (χ0v) is 11.7. The monoisotopic (exact) mass is 299 g/mol. The van der Waals surface area contributed by atoms with E-state index in [0.717, 1.165) is 11.8 Å². The van der Waals surface area contributed by atoms with E-state index in [2.05, 4.69) is 10.3 Å². The zero-order valence-electron chi connectivity index (χ0n) is 11.7. The van der Waals surface area contributed by atoms with Crippen molar-refractivity contribution in [3.05, 3.63) is 47.8 Å². The fraction of sp³-hybridized carbons (Fsp3) is 0.357. The third kappa shape index (κ3) is 3.55. The van der Waals surface area contributed by atoms with Crippen LogP contribution in [0.15, 0.2) is 30.6 Å².